The highest BCUT2D eigenvalue weighted by molar-refractivity contribution is 5.81. The summed E-state index contributed by atoms with van der Waals surface area (Å²) in [6.45, 7) is 4.44. The predicted octanol–water partition coefficient (Wildman–Crippen LogP) is 5.16. The van der Waals surface area contributed by atoms with E-state index in [4.69, 9.17) is 0 Å². The van der Waals surface area contributed by atoms with Crippen molar-refractivity contribution in [1.82, 2.24) is 0 Å². The minimum Gasteiger partial charge on any atom is -0.481 e. The Bertz CT molecular complexity index is 524. The number of rotatable bonds is 13. The van der Waals surface area contributed by atoms with Crippen LogP contribution in [0.5, 0.6) is 0 Å². The summed E-state index contributed by atoms with van der Waals surface area (Å²) in [7, 11) is 0. The highest BCUT2D eigenvalue weighted by Gasteiger charge is 2.40. The molecule has 0 aliphatic rings. The van der Waals surface area contributed by atoms with E-state index in [2.05, 4.69) is 13.8 Å². The number of unbranched alkanes of at least 4 members (excludes halogenated alkanes) is 4. The van der Waals surface area contributed by atoms with Crippen LogP contribution >= 0.6 is 0 Å². The fourth-order valence-corrected chi connectivity index (χ4v) is 3.32. The predicted molar refractivity (Wildman–Crippen MR) is 99.6 cm³/mol. The van der Waals surface area contributed by atoms with Gasteiger partial charge in [0.05, 0.1) is 11.8 Å². The Hall–Kier alpha value is -1.84. The molecule has 2 N–H and O–H groups in total. The van der Waals surface area contributed by atoms with Crippen LogP contribution < -0.4 is 0 Å². The highest BCUT2D eigenvalue weighted by Crippen LogP contribution is 2.34. The highest BCUT2D eigenvalue weighted by atomic mass is 16.4. The third-order valence-electron chi connectivity index (χ3n) is 4.77. The van der Waals surface area contributed by atoms with Gasteiger partial charge in [-0.3, -0.25) is 9.59 Å². The van der Waals surface area contributed by atoms with Crippen molar-refractivity contribution in [3.8, 4) is 0 Å². The molecule has 140 valence electrons. The molecule has 0 aromatic heterocycles. The number of carboxylic acid groups (broad SMARTS) is 2. The Kier molecular flexibility index (Phi) is 9.25. The van der Waals surface area contributed by atoms with Gasteiger partial charge in [-0.1, -0.05) is 82.7 Å². The van der Waals surface area contributed by atoms with Crippen molar-refractivity contribution in [2.45, 2.75) is 71.6 Å². The van der Waals surface area contributed by atoms with Crippen LogP contribution in [0.3, 0.4) is 0 Å². The molecule has 1 rings (SSSR count). The first kappa shape index (κ1) is 21.2. The molecule has 0 bridgehead atoms. The third kappa shape index (κ3) is 8.19. The number of carbonyl (C=O) groups is 2. The van der Waals surface area contributed by atoms with Crippen LogP contribution in [0.25, 0.3) is 0 Å². The smallest absolute Gasteiger partial charge is 0.310 e. The van der Waals surface area contributed by atoms with Crippen molar-refractivity contribution >= 4 is 11.9 Å². The third-order valence-corrected chi connectivity index (χ3v) is 4.77. The molecule has 0 aliphatic heterocycles. The molecular formula is C21H32O4. The average molecular weight is 348 g/mol. The molecule has 4 heteroatoms. The Labute approximate surface area is 151 Å². The molecule has 0 aliphatic carbocycles. The molecule has 0 saturated carbocycles. The van der Waals surface area contributed by atoms with Crippen molar-refractivity contribution in [3.05, 3.63) is 35.9 Å². The van der Waals surface area contributed by atoms with Gasteiger partial charge >= 0.3 is 11.9 Å². The molecule has 0 heterocycles. The van der Waals surface area contributed by atoms with Gasteiger partial charge in [-0.2, -0.15) is 0 Å². The number of aliphatic carboxylic acids is 2. The average Bonchev–Trinajstić information content (AvgIpc) is 2.53. The summed E-state index contributed by atoms with van der Waals surface area (Å²) in [6.07, 6.45) is 6.75. The minimum atomic E-state index is -1.22. The van der Waals surface area contributed by atoms with Crippen molar-refractivity contribution < 1.29 is 19.8 Å². The molecule has 0 amide bonds. The van der Waals surface area contributed by atoms with Gasteiger partial charge in [-0.05, 0) is 24.3 Å². The van der Waals surface area contributed by atoms with Crippen LogP contribution in [0.15, 0.2) is 30.3 Å². The van der Waals surface area contributed by atoms with Crippen LogP contribution in [0.2, 0.25) is 0 Å². The van der Waals surface area contributed by atoms with E-state index >= 15 is 0 Å². The molecule has 0 radical (unpaired) electrons. The number of hydrogen-bond donors (Lipinski definition) is 2. The summed E-state index contributed by atoms with van der Waals surface area (Å²) in [5, 5.41) is 19.0. The summed E-state index contributed by atoms with van der Waals surface area (Å²) in [6, 6.07) is 9.33. The van der Waals surface area contributed by atoms with Gasteiger partial charge in [0.15, 0.2) is 0 Å². The topological polar surface area (TPSA) is 74.6 Å². The second-order valence-electron chi connectivity index (χ2n) is 7.52. The van der Waals surface area contributed by atoms with E-state index in [1.807, 2.05) is 30.3 Å². The summed E-state index contributed by atoms with van der Waals surface area (Å²) < 4.78 is 0. The van der Waals surface area contributed by atoms with Gasteiger partial charge in [0.1, 0.15) is 0 Å². The molecule has 25 heavy (non-hydrogen) atoms. The maximum atomic E-state index is 11.9. The Morgan fingerprint density at radius 1 is 0.960 bits per heavy atom. The number of carboxylic acids is 2. The molecular weight excluding hydrogens is 316 g/mol. The first-order valence-corrected chi connectivity index (χ1v) is 9.35. The number of hydrogen-bond acceptors (Lipinski definition) is 2. The van der Waals surface area contributed by atoms with Crippen LogP contribution in [-0.2, 0) is 16.0 Å². The lowest BCUT2D eigenvalue weighted by Gasteiger charge is -2.28. The minimum absolute atomic E-state index is 0.267. The van der Waals surface area contributed by atoms with E-state index in [0.29, 0.717) is 6.42 Å². The van der Waals surface area contributed by atoms with E-state index in [-0.39, 0.29) is 12.8 Å². The molecule has 0 spiro atoms. The normalized spacial score (nSPS) is 13.6. The molecule has 1 aromatic rings. The second kappa shape index (κ2) is 10.9. The van der Waals surface area contributed by atoms with Crippen molar-refractivity contribution in [1.29, 1.82) is 0 Å². The van der Waals surface area contributed by atoms with Gasteiger partial charge in [0.2, 0.25) is 0 Å². The van der Waals surface area contributed by atoms with E-state index in [9.17, 15) is 19.8 Å². The monoisotopic (exact) mass is 348 g/mol. The second-order valence-corrected chi connectivity index (χ2v) is 7.52. The van der Waals surface area contributed by atoms with Gasteiger partial charge in [0.25, 0.3) is 0 Å². The van der Waals surface area contributed by atoms with E-state index in [1.165, 1.54) is 12.8 Å². The lowest BCUT2D eigenvalue weighted by molar-refractivity contribution is -0.156. The van der Waals surface area contributed by atoms with Gasteiger partial charge < -0.3 is 10.2 Å². The van der Waals surface area contributed by atoms with Gasteiger partial charge in [-0.15, -0.1) is 0 Å². The van der Waals surface area contributed by atoms with E-state index in [1.54, 1.807) is 0 Å². The van der Waals surface area contributed by atoms with Crippen LogP contribution in [0.4, 0.5) is 0 Å². The largest absolute Gasteiger partial charge is 0.481 e. The fourth-order valence-electron chi connectivity index (χ4n) is 3.32. The Morgan fingerprint density at radius 3 is 2.12 bits per heavy atom. The molecule has 4 nitrogen and oxygen atoms in total. The van der Waals surface area contributed by atoms with E-state index < -0.39 is 17.4 Å². The molecule has 0 saturated heterocycles. The first-order valence-electron chi connectivity index (χ1n) is 9.35. The maximum absolute atomic E-state index is 11.9. The summed E-state index contributed by atoms with van der Waals surface area (Å²) in [5.41, 5.74) is -0.339. The van der Waals surface area contributed by atoms with Crippen molar-refractivity contribution in [2.75, 3.05) is 0 Å². The maximum Gasteiger partial charge on any atom is 0.310 e. The first-order chi connectivity index (χ1) is 11.9. The lowest BCUT2D eigenvalue weighted by Crippen LogP contribution is -2.36. The SMILES string of the molecule is CC(C)CCCCCCCC(CC(=O)O)(Cc1ccccc1)C(=O)O. The summed E-state index contributed by atoms with van der Waals surface area (Å²) in [4.78, 5) is 23.2. The molecule has 0 fully saturated rings. The standard InChI is InChI=1S/C21H32O4/c1-17(2)11-7-4-3-5-10-14-21(20(24)25,16-19(22)23)15-18-12-8-6-9-13-18/h6,8-9,12-13,17H,3-5,7,10-11,14-16H2,1-2H3,(H,22,23)(H,24,25). The lowest BCUT2D eigenvalue weighted by atomic mass is 9.74. The van der Waals surface area contributed by atoms with Gasteiger partial charge in [-0.25, -0.2) is 0 Å². The van der Waals surface area contributed by atoms with Crippen LogP contribution in [-0.4, -0.2) is 22.2 Å². The summed E-state index contributed by atoms with van der Waals surface area (Å²) >= 11 is 0. The Balaban J connectivity index is 2.61. The van der Waals surface area contributed by atoms with Crippen LogP contribution in [0.1, 0.15) is 70.8 Å². The van der Waals surface area contributed by atoms with Crippen LogP contribution in [0, 0.1) is 11.3 Å². The van der Waals surface area contributed by atoms with Crippen molar-refractivity contribution in [2.24, 2.45) is 11.3 Å². The van der Waals surface area contributed by atoms with E-state index in [0.717, 1.165) is 37.2 Å². The van der Waals surface area contributed by atoms with Crippen molar-refractivity contribution in [3.63, 3.8) is 0 Å². The zero-order valence-corrected chi connectivity index (χ0v) is 15.5. The molecule has 1 atom stereocenters. The Morgan fingerprint density at radius 2 is 1.56 bits per heavy atom. The molecule has 1 aromatic carbocycles. The number of benzene rings is 1. The molecule has 1 unspecified atom stereocenters. The fraction of sp³-hybridized carbons (Fsp3) is 0.619. The quantitative estimate of drug-likeness (QED) is 0.483. The zero-order valence-electron chi connectivity index (χ0n) is 15.5. The zero-order chi connectivity index (χ0) is 18.7. The summed E-state index contributed by atoms with van der Waals surface area (Å²) in [5.74, 6) is -1.32. The van der Waals surface area contributed by atoms with Gasteiger partial charge in [0, 0.05) is 0 Å².